The second-order valence-electron chi connectivity index (χ2n) is 7.31. The number of nitrogens with one attached hydrogen (secondary N) is 1. The van der Waals surface area contributed by atoms with E-state index in [1.165, 1.54) is 5.56 Å². The van der Waals surface area contributed by atoms with E-state index < -0.39 is 0 Å². The van der Waals surface area contributed by atoms with Crippen LogP contribution in [0.2, 0.25) is 0 Å². The molecule has 5 heteroatoms. The van der Waals surface area contributed by atoms with Gasteiger partial charge in [-0.15, -0.1) is 0 Å². The molecule has 1 N–H and O–H groups in total. The molecule has 1 aliphatic rings. The Morgan fingerprint density at radius 2 is 1.80 bits per heavy atom. The largest absolute Gasteiger partial charge is 0.497 e. The van der Waals surface area contributed by atoms with Crippen molar-refractivity contribution in [1.29, 1.82) is 0 Å². The number of nitrogens with zero attached hydrogens (tertiary/aromatic N) is 1. The van der Waals surface area contributed by atoms with Gasteiger partial charge in [-0.05, 0) is 66.4 Å². The van der Waals surface area contributed by atoms with Gasteiger partial charge in [0.05, 0.1) is 7.11 Å². The molecule has 0 spiro atoms. The summed E-state index contributed by atoms with van der Waals surface area (Å²) in [6.45, 7) is 0.695. The summed E-state index contributed by atoms with van der Waals surface area (Å²) in [5, 5.41) is 2.90. The van der Waals surface area contributed by atoms with E-state index in [1.807, 2.05) is 47.4 Å². The molecule has 0 aromatic heterocycles. The minimum atomic E-state index is -0.0645. The van der Waals surface area contributed by atoms with Crippen LogP contribution in [0.3, 0.4) is 0 Å². The molecule has 0 radical (unpaired) electrons. The zero-order valence-corrected chi connectivity index (χ0v) is 16.9. The Morgan fingerprint density at radius 1 is 1.00 bits per heavy atom. The molecule has 30 heavy (non-hydrogen) atoms. The summed E-state index contributed by atoms with van der Waals surface area (Å²) >= 11 is 0. The number of fused-ring (bicyclic) bond motifs is 1. The lowest BCUT2D eigenvalue weighted by atomic mass is 10.1. The number of para-hydroxylation sites is 1. The van der Waals surface area contributed by atoms with Crippen molar-refractivity contribution in [3.8, 4) is 5.75 Å². The van der Waals surface area contributed by atoms with Crippen LogP contribution < -0.4 is 15.0 Å². The van der Waals surface area contributed by atoms with Gasteiger partial charge in [-0.1, -0.05) is 30.3 Å². The molecule has 3 aromatic carbocycles. The zero-order valence-electron chi connectivity index (χ0n) is 16.9. The summed E-state index contributed by atoms with van der Waals surface area (Å²) in [6, 6.07) is 22.8. The number of carbonyl (C=O) groups excluding carboxylic acids is 2. The lowest BCUT2D eigenvalue weighted by Gasteiger charge is -2.17. The third kappa shape index (κ3) is 4.35. The molecule has 5 nitrogen and oxygen atoms in total. The number of hydrogen-bond acceptors (Lipinski definition) is 3. The van der Waals surface area contributed by atoms with Crippen LogP contribution in [-0.4, -0.2) is 25.5 Å². The summed E-state index contributed by atoms with van der Waals surface area (Å²) in [5.41, 5.74) is 4.53. The molecule has 0 fully saturated rings. The molecule has 0 saturated heterocycles. The van der Waals surface area contributed by atoms with Gasteiger partial charge in [0, 0.05) is 29.9 Å². The monoisotopic (exact) mass is 400 g/mol. The second-order valence-corrected chi connectivity index (χ2v) is 7.31. The maximum absolute atomic E-state index is 12.9. The smallest absolute Gasteiger partial charge is 0.258 e. The Morgan fingerprint density at radius 3 is 2.60 bits per heavy atom. The minimum absolute atomic E-state index is 0.0177. The van der Waals surface area contributed by atoms with E-state index in [2.05, 4.69) is 11.4 Å². The van der Waals surface area contributed by atoms with Crippen LogP contribution in [0.5, 0.6) is 5.75 Å². The number of carbonyl (C=O) groups is 2. The van der Waals surface area contributed by atoms with Gasteiger partial charge in [-0.2, -0.15) is 0 Å². The van der Waals surface area contributed by atoms with Crippen molar-refractivity contribution in [3.05, 3.63) is 89.5 Å². The van der Waals surface area contributed by atoms with E-state index >= 15 is 0 Å². The summed E-state index contributed by atoms with van der Waals surface area (Å²) < 4.78 is 5.21. The van der Waals surface area contributed by atoms with Crippen molar-refractivity contribution < 1.29 is 14.3 Å². The quantitative estimate of drug-likeness (QED) is 0.664. The van der Waals surface area contributed by atoms with E-state index in [1.54, 1.807) is 31.4 Å². The van der Waals surface area contributed by atoms with Gasteiger partial charge >= 0.3 is 0 Å². The second kappa shape index (κ2) is 8.82. The fourth-order valence-electron chi connectivity index (χ4n) is 3.71. The third-order valence-electron chi connectivity index (χ3n) is 5.32. The first kappa shape index (κ1) is 19.7. The van der Waals surface area contributed by atoms with Crippen LogP contribution >= 0.6 is 0 Å². The van der Waals surface area contributed by atoms with Gasteiger partial charge < -0.3 is 15.0 Å². The average molecular weight is 400 g/mol. The standard InChI is InChI=1S/C25H24N2O3/c1-30-22-7-4-5-18(17-22)9-14-24(28)26-21-12-10-20(11-13-21)25(29)27-16-15-19-6-2-3-8-23(19)27/h2-8,10-13,17H,9,14-16H2,1H3,(H,26,28). The van der Waals surface area contributed by atoms with Gasteiger partial charge in [0.15, 0.2) is 0 Å². The number of aryl methyl sites for hydroxylation is 1. The van der Waals surface area contributed by atoms with Crippen molar-refractivity contribution in [2.75, 3.05) is 23.9 Å². The Balaban J connectivity index is 1.34. The molecule has 3 aromatic rings. The van der Waals surface area contributed by atoms with E-state index in [0.717, 1.165) is 23.4 Å². The van der Waals surface area contributed by atoms with Gasteiger partial charge in [-0.25, -0.2) is 0 Å². The van der Waals surface area contributed by atoms with Crippen molar-refractivity contribution in [1.82, 2.24) is 0 Å². The van der Waals surface area contributed by atoms with Gasteiger partial charge in [0.2, 0.25) is 5.91 Å². The van der Waals surface area contributed by atoms with E-state index in [4.69, 9.17) is 4.74 Å². The van der Waals surface area contributed by atoms with E-state index in [-0.39, 0.29) is 11.8 Å². The highest BCUT2D eigenvalue weighted by Crippen LogP contribution is 2.29. The predicted octanol–water partition coefficient (Wildman–Crippen LogP) is 4.47. The van der Waals surface area contributed by atoms with Crippen LogP contribution in [0.25, 0.3) is 0 Å². The molecule has 1 heterocycles. The van der Waals surface area contributed by atoms with Gasteiger partial charge in [-0.3, -0.25) is 9.59 Å². The van der Waals surface area contributed by atoms with Crippen molar-refractivity contribution in [3.63, 3.8) is 0 Å². The van der Waals surface area contributed by atoms with Crippen molar-refractivity contribution >= 4 is 23.2 Å². The number of amides is 2. The van der Waals surface area contributed by atoms with Gasteiger partial charge in [0.25, 0.3) is 5.91 Å². The SMILES string of the molecule is COc1cccc(CCC(=O)Nc2ccc(C(=O)N3CCc4ccccc43)cc2)c1. The summed E-state index contributed by atoms with van der Waals surface area (Å²) in [5.74, 6) is 0.704. The van der Waals surface area contributed by atoms with E-state index in [9.17, 15) is 9.59 Å². The summed E-state index contributed by atoms with van der Waals surface area (Å²) in [7, 11) is 1.63. The highest BCUT2D eigenvalue weighted by atomic mass is 16.5. The lowest BCUT2D eigenvalue weighted by Crippen LogP contribution is -2.28. The van der Waals surface area contributed by atoms with Crippen LogP contribution in [0, 0.1) is 0 Å². The normalized spacial score (nSPS) is 12.4. The Labute approximate surface area is 176 Å². The predicted molar refractivity (Wildman–Crippen MR) is 118 cm³/mol. The number of rotatable bonds is 6. The third-order valence-corrected chi connectivity index (χ3v) is 5.32. The van der Waals surface area contributed by atoms with E-state index in [0.29, 0.717) is 30.6 Å². The molecule has 152 valence electrons. The number of ether oxygens (including phenoxy) is 1. The van der Waals surface area contributed by atoms with Crippen LogP contribution in [0.4, 0.5) is 11.4 Å². The highest BCUT2D eigenvalue weighted by molar-refractivity contribution is 6.07. The Bertz CT molecular complexity index is 1060. The number of anilines is 2. The molecule has 2 amide bonds. The molecule has 0 aliphatic carbocycles. The Kier molecular flexibility index (Phi) is 5.80. The summed E-state index contributed by atoms with van der Waals surface area (Å²) in [4.78, 5) is 27.0. The zero-order chi connectivity index (χ0) is 20.9. The molecule has 0 unspecified atom stereocenters. The van der Waals surface area contributed by atoms with Crippen molar-refractivity contribution in [2.24, 2.45) is 0 Å². The molecule has 0 atom stereocenters. The van der Waals surface area contributed by atoms with Gasteiger partial charge in [0.1, 0.15) is 5.75 Å². The maximum Gasteiger partial charge on any atom is 0.258 e. The number of benzene rings is 3. The van der Waals surface area contributed by atoms with Crippen molar-refractivity contribution in [2.45, 2.75) is 19.3 Å². The average Bonchev–Trinajstić information content (AvgIpc) is 3.22. The minimum Gasteiger partial charge on any atom is -0.497 e. The number of methoxy groups -OCH3 is 1. The lowest BCUT2D eigenvalue weighted by molar-refractivity contribution is -0.116. The first-order valence-corrected chi connectivity index (χ1v) is 10.1. The molecular formula is C25H24N2O3. The molecule has 0 bridgehead atoms. The first-order chi connectivity index (χ1) is 14.6. The topological polar surface area (TPSA) is 58.6 Å². The van der Waals surface area contributed by atoms with Crippen LogP contribution in [-0.2, 0) is 17.6 Å². The Hall–Kier alpha value is -3.60. The molecular weight excluding hydrogens is 376 g/mol. The summed E-state index contributed by atoms with van der Waals surface area (Å²) in [6.07, 6.45) is 1.88. The first-order valence-electron chi connectivity index (χ1n) is 10.1. The highest BCUT2D eigenvalue weighted by Gasteiger charge is 2.24. The maximum atomic E-state index is 12.9. The molecule has 1 aliphatic heterocycles. The van der Waals surface area contributed by atoms with Crippen LogP contribution in [0.1, 0.15) is 27.9 Å². The number of hydrogen-bond donors (Lipinski definition) is 1. The van der Waals surface area contributed by atoms with Crippen LogP contribution in [0.15, 0.2) is 72.8 Å². The fourth-order valence-corrected chi connectivity index (χ4v) is 3.71. The molecule has 0 saturated carbocycles. The molecule has 4 rings (SSSR count). The fraction of sp³-hybridized carbons (Fsp3) is 0.200.